The van der Waals surface area contributed by atoms with Gasteiger partial charge in [-0.1, -0.05) is 0 Å². The van der Waals surface area contributed by atoms with E-state index in [9.17, 15) is 0 Å². The summed E-state index contributed by atoms with van der Waals surface area (Å²) in [6.07, 6.45) is 7.32. The summed E-state index contributed by atoms with van der Waals surface area (Å²) in [7, 11) is 0. The van der Waals surface area contributed by atoms with E-state index >= 15 is 0 Å². The number of hydrogen-bond acceptors (Lipinski definition) is 3. The molecule has 5 heteroatoms. The highest BCUT2D eigenvalue weighted by molar-refractivity contribution is 5.83. The van der Waals surface area contributed by atoms with Crippen LogP contribution in [0.5, 0.6) is 0 Å². The summed E-state index contributed by atoms with van der Waals surface area (Å²) in [4.78, 5) is 16.4. The second-order valence-electron chi connectivity index (χ2n) is 4.44. The molecule has 0 saturated heterocycles. The number of hydrogen-bond donors (Lipinski definition) is 1. The molecule has 19 heavy (non-hydrogen) atoms. The molecule has 4 aromatic rings. The molecule has 0 aromatic carbocycles. The van der Waals surface area contributed by atoms with Gasteiger partial charge in [0.05, 0.1) is 22.9 Å². The fourth-order valence-electron chi connectivity index (χ4n) is 2.45. The first-order chi connectivity index (χ1) is 9.34. The van der Waals surface area contributed by atoms with E-state index in [-0.39, 0.29) is 0 Å². The van der Waals surface area contributed by atoms with Crippen LogP contribution in [0, 0.1) is 6.92 Å². The number of nitrogens with one attached hydrogen (secondary N) is 1. The number of aryl methyl sites for hydroxylation is 1. The van der Waals surface area contributed by atoms with Gasteiger partial charge >= 0.3 is 0 Å². The third-order valence-corrected chi connectivity index (χ3v) is 3.28. The van der Waals surface area contributed by atoms with Crippen molar-refractivity contribution >= 4 is 16.7 Å². The Morgan fingerprint density at radius 2 is 2.11 bits per heavy atom. The first-order valence-electron chi connectivity index (χ1n) is 6.06. The molecule has 0 amide bonds. The van der Waals surface area contributed by atoms with E-state index in [0.717, 1.165) is 33.8 Å². The van der Waals surface area contributed by atoms with E-state index in [1.807, 2.05) is 43.7 Å². The van der Waals surface area contributed by atoms with Crippen molar-refractivity contribution < 1.29 is 0 Å². The molecule has 4 aromatic heterocycles. The molecule has 0 saturated carbocycles. The lowest BCUT2D eigenvalue weighted by Gasteiger charge is -1.99. The first-order valence-corrected chi connectivity index (χ1v) is 6.06. The monoisotopic (exact) mass is 249 g/mol. The van der Waals surface area contributed by atoms with Crippen LogP contribution in [-0.2, 0) is 0 Å². The number of aromatic nitrogens is 5. The number of fused-ring (bicyclic) bond motifs is 3. The second kappa shape index (κ2) is 3.65. The molecule has 5 nitrogen and oxygen atoms in total. The van der Waals surface area contributed by atoms with Crippen molar-refractivity contribution in [3.05, 3.63) is 48.8 Å². The maximum absolute atomic E-state index is 4.66. The quantitative estimate of drug-likeness (QED) is 0.564. The average Bonchev–Trinajstić information content (AvgIpc) is 3.04. The zero-order chi connectivity index (χ0) is 12.8. The van der Waals surface area contributed by atoms with Gasteiger partial charge in [0, 0.05) is 24.2 Å². The summed E-state index contributed by atoms with van der Waals surface area (Å²) in [5.41, 5.74) is 4.83. The van der Waals surface area contributed by atoms with Gasteiger partial charge in [0.25, 0.3) is 0 Å². The summed E-state index contributed by atoms with van der Waals surface area (Å²) < 4.78 is 2.11. The Bertz CT molecular complexity index is 873. The van der Waals surface area contributed by atoms with Gasteiger partial charge in [-0.05, 0) is 25.1 Å². The Morgan fingerprint density at radius 1 is 1.16 bits per heavy atom. The predicted molar refractivity (Wildman–Crippen MR) is 72.8 cm³/mol. The summed E-state index contributed by atoms with van der Waals surface area (Å²) >= 11 is 0. The van der Waals surface area contributed by atoms with Crippen molar-refractivity contribution in [2.75, 3.05) is 0 Å². The van der Waals surface area contributed by atoms with Gasteiger partial charge in [0.1, 0.15) is 5.82 Å². The van der Waals surface area contributed by atoms with Crippen LogP contribution >= 0.6 is 0 Å². The lowest BCUT2D eigenvalue weighted by atomic mass is 10.2. The Labute approximate surface area is 109 Å². The standard InChI is InChI=1S/C14H11N5/c1-9-18-13(10-3-2-5-15-7-10)12-8-17-14-11(19(9)12)4-6-16-14/h2-8,16H,1H3. The van der Waals surface area contributed by atoms with E-state index in [4.69, 9.17) is 0 Å². The molecule has 4 heterocycles. The maximum atomic E-state index is 4.66. The van der Waals surface area contributed by atoms with Gasteiger partial charge in [-0.3, -0.25) is 9.38 Å². The predicted octanol–water partition coefficient (Wildman–Crippen LogP) is 2.58. The van der Waals surface area contributed by atoms with E-state index < -0.39 is 0 Å². The molecule has 0 radical (unpaired) electrons. The minimum absolute atomic E-state index is 0.866. The first kappa shape index (κ1) is 10.3. The number of pyridine rings is 1. The van der Waals surface area contributed by atoms with Crippen molar-refractivity contribution in [3.8, 4) is 11.3 Å². The van der Waals surface area contributed by atoms with Gasteiger partial charge in [-0.2, -0.15) is 0 Å². The average molecular weight is 249 g/mol. The minimum Gasteiger partial charge on any atom is -0.345 e. The Balaban J connectivity index is 2.14. The van der Waals surface area contributed by atoms with Gasteiger partial charge in [0.15, 0.2) is 5.65 Å². The van der Waals surface area contributed by atoms with Gasteiger partial charge in [-0.25, -0.2) is 9.97 Å². The summed E-state index contributed by atoms with van der Waals surface area (Å²) in [6, 6.07) is 5.94. The van der Waals surface area contributed by atoms with Crippen molar-refractivity contribution in [2.24, 2.45) is 0 Å². The molecular formula is C14H11N5. The Morgan fingerprint density at radius 3 is 2.95 bits per heavy atom. The molecule has 0 fully saturated rings. The molecule has 0 atom stereocenters. The van der Waals surface area contributed by atoms with E-state index in [2.05, 4.69) is 24.3 Å². The van der Waals surface area contributed by atoms with Crippen LogP contribution in [0.1, 0.15) is 5.82 Å². The molecule has 0 aliphatic heterocycles. The lowest BCUT2D eigenvalue weighted by molar-refractivity contribution is 1.07. The molecule has 0 aliphatic carbocycles. The van der Waals surface area contributed by atoms with Crippen LogP contribution in [0.2, 0.25) is 0 Å². The number of nitrogens with zero attached hydrogens (tertiary/aromatic N) is 4. The van der Waals surface area contributed by atoms with Crippen LogP contribution in [0.4, 0.5) is 0 Å². The fraction of sp³-hybridized carbons (Fsp3) is 0.0714. The number of aromatic amines is 1. The summed E-state index contributed by atoms with van der Waals surface area (Å²) in [5, 5.41) is 0. The van der Waals surface area contributed by atoms with E-state index in [0.29, 0.717) is 0 Å². The summed E-state index contributed by atoms with van der Waals surface area (Å²) in [5.74, 6) is 0.945. The van der Waals surface area contributed by atoms with Crippen molar-refractivity contribution in [1.82, 2.24) is 24.3 Å². The lowest BCUT2D eigenvalue weighted by Crippen LogP contribution is -1.91. The minimum atomic E-state index is 0.866. The fourth-order valence-corrected chi connectivity index (χ4v) is 2.45. The highest BCUT2D eigenvalue weighted by atomic mass is 15.1. The largest absolute Gasteiger partial charge is 0.345 e. The molecule has 4 rings (SSSR count). The van der Waals surface area contributed by atoms with Gasteiger partial charge in [-0.15, -0.1) is 0 Å². The third kappa shape index (κ3) is 1.38. The Hall–Kier alpha value is -2.69. The van der Waals surface area contributed by atoms with Crippen LogP contribution in [-0.4, -0.2) is 24.3 Å². The number of rotatable bonds is 1. The van der Waals surface area contributed by atoms with Crippen LogP contribution in [0.25, 0.3) is 27.9 Å². The van der Waals surface area contributed by atoms with Crippen LogP contribution in [0.3, 0.4) is 0 Å². The summed E-state index contributed by atoms with van der Waals surface area (Å²) in [6.45, 7) is 2.00. The molecule has 0 unspecified atom stereocenters. The van der Waals surface area contributed by atoms with Gasteiger partial charge < -0.3 is 4.98 Å². The Kier molecular flexibility index (Phi) is 1.97. The highest BCUT2D eigenvalue weighted by Crippen LogP contribution is 2.26. The van der Waals surface area contributed by atoms with Crippen LogP contribution in [0.15, 0.2) is 43.0 Å². The van der Waals surface area contributed by atoms with E-state index in [1.54, 1.807) is 6.20 Å². The maximum Gasteiger partial charge on any atom is 0.154 e. The number of imidazole rings is 1. The number of H-pyrrole nitrogens is 1. The third-order valence-electron chi connectivity index (χ3n) is 3.28. The SMILES string of the molecule is Cc1nc(-c2cccnc2)c2cnc3[nH]ccc3n12. The molecule has 0 bridgehead atoms. The zero-order valence-corrected chi connectivity index (χ0v) is 10.3. The zero-order valence-electron chi connectivity index (χ0n) is 10.3. The second-order valence-corrected chi connectivity index (χ2v) is 4.44. The molecule has 0 spiro atoms. The molecule has 92 valence electrons. The highest BCUT2D eigenvalue weighted by Gasteiger charge is 2.13. The van der Waals surface area contributed by atoms with Crippen molar-refractivity contribution in [1.29, 1.82) is 0 Å². The van der Waals surface area contributed by atoms with E-state index in [1.165, 1.54) is 0 Å². The van der Waals surface area contributed by atoms with Crippen LogP contribution < -0.4 is 0 Å². The molecule has 0 aliphatic rings. The van der Waals surface area contributed by atoms with Crippen molar-refractivity contribution in [3.63, 3.8) is 0 Å². The van der Waals surface area contributed by atoms with Gasteiger partial charge in [0.2, 0.25) is 0 Å². The smallest absolute Gasteiger partial charge is 0.154 e. The molecule has 1 N–H and O–H groups in total. The molecular weight excluding hydrogens is 238 g/mol. The topological polar surface area (TPSA) is 58.9 Å². The van der Waals surface area contributed by atoms with Crippen molar-refractivity contribution in [2.45, 2.75) is 6.92 Å². The normalized spacial score (nSPS) is 11.4.